The van der Waals surface area contributed by atoms with Crippen LogP contribution in [-0.4, -0.2) is 102 Å². The van der Waals surface area contributed by atoms with Crippen LogP contribution in [0, 0.1) is 24.7 Å². The lowest BCUT2D eigenvalue weighted by Crippen LogP contribution is -2.47. The average Bonchev–Trinajstić information content (AvgIpc) is 4.12. The molecule has 3 aliphatic rings. The van der Waals surface area contributed by atoms with Crippen molar-refractivity contribution in [2.75, 3.05) is 73.9 Å². The SMILES string of the molecule is COCCCc1cc(CN(C(=O)[C@H]2CNCC[C@@H]2c2ccc(OCCOc3c(Cl)cc(C)cc3Cl)cc2)C2CC2)cc(OC[C@@H]2C[C@H]2C(=O)OCCN(C)C)c1. The largest absolute Gasteiger partial charge is 0.493 e. The van der Waals surface area contributed by atoms with Crippen LogP contribution < -0.4 is 19.5 Å². The van der Waals surface area contributed by atoms with Crippen LogP contribution in [0.1, 0.15) is 60.3 Å². The Morgan fingerprint density at radius 1 is 0.839 bits per heavy atom. The molecule has 12 heteroatoms. The molecule has 1 N–H and O–H groups in total. The van der Waals surface area contributed by atoms with E-state index in [1.165, 1.54) is 0 Å². The zero-order chi connectivity index (χ0) is 39.6. The summed E-state index contributed by atoms with van der Waals surface area (Å²) in [6, 6.07) is 18.4. The molecule has 3 aromatic carbocycles. The molecule has 0 radical (unpaired) electrons. The van der Waals surface area contributed by atoms with E-state index >= 15 is 0 Å². The Hall–Kier alpha value is -3.54. The van der Waals surface area contributed by atoms with E-state index in [1.54, 1.807) is 7.11 Å². The molecule has 2 saturated carbocycles. The first kappa shape index (κ1) is 42.1. The number of piperidine rings is 1. The summed E-state index contributed by atoms with van der Waals surface area (Å²) in [7, 11) is 5.64. The first-order valence-corrected chi connectivity index (χ1v) is 20.7. The van der Waals surface area contributed by atoms with Gasteiger partial charge in [0.1, 0.15) is 31.3 Å². The monoisotopic (exact) mass is 809 g/mol. The van der Waals surface area contributed by atoms with Crippen molar-refractivity contribution in [3.8, 4) is 17.2 Å². The summed E-state index contributed by atoms with van der Waals surface area (Å²) >= 11 is 12.6. The number of amides is 1. The number of aryl methyl sites for hydroxylation is 2. The molecule has 1 heterocycles. The number of hydrogen-bond donors (Lipinski definition) is 1. The Labute approximate surface area is 342 Å². The number of likely N-dealkylation sites (N-methyl/N-ethyl adjacent to an activating group) is 1. The van der Waals surface area contributed by atoms with E-state index in [9.17, 15) is 9.59 Å². The highest BCUT2D eigenvalue weighted by molar-refractivity contribution is 6.37. The molecule has 1 amide bonds. The molecule has 304 valence electrons. The molecule has 6 rings (SSSR count). The number of esters is 1. The van der Waals surface area contributed by atoms with Crippen molar-refractivity contribution in [1.29, 1.82) is 0 Å². The molecule has 1 aliphatic heterocycles. The summed E-state index contributed by atoms with van der Waals surface area (Å²) < 4.78 is 28.9. The first-order valence-electron chi connectivity index (χ1n) is 20.0. The van der Waals surface area contributed by atoms with Gasteiger partial charge in [-0.3, -0.25) is 9.59 Å². The van der Waals surface area contributed by atoms with Crippen molar-refractivity contribution in [3.63, 3.8) is 0 Å². The summed E-state index contributed by atoms with van der Waals surface area (Å²) in [5.74, 6) is 1.99. The number of benzene rings is 3. The van der Waals surface area contributed by atoms with Crippen LogP contribution in [0.2, 0.25) is 10.0 Å². The number of nitrogens with one attached hydrogen (secondary N) is 1. The fourth-order valence-corrected chi connectivity index (χ4v) is 8.17. The molecule has 3 aromatic rings. The van der Waals surface area contributed by atoms with Gasteiger partial charge in [0.25, 0.3) is 0 Å². The minimum absolute atomic E-state index is 0.0912. The third kappa shape index (κ3) is 12.0. The Bertz CT molecular complexity index is 1750. The normalized spacial score (nSPS) is 20.4. The van der Waals surface area contributed by atoms with Crippen molar-refractivity contribution in [2.24, 2.45) is 17.8 Å². The van der Waals surface area contributed by atoms with E-state index in [0.717, 1.165) is 78.8 Å². The molecular formula is C44H57Cl2N3O7. The zero-order valence-electron chi connectivity index (χ0n) is 33.2. The van der Waals surface area contributed by atoms with Gasteiger partial charge in [0, 0.05) is 45.3 Å². The van der Waals surface area contributed by atoms with Crippen molar-refractivity contribution < 1.29 is 33.3 Å². The number of halogens is 2. The second-order valence-electron chi connectivity index (χ2n) is 15.7. The topological polar surface area (TPSA) is 98.8 Å². The second-order valence-corrected chi connectivity index (χ2v) is 16.5. The van der Waals surface area contributed by atoms with Gasteiger partial charge < -0.3 is 38.8 Å². The third-order valence-corrected chi connectivity index (χ3v) is 11.3. The Balaban J connectivity index is 1.07. The molecule has 56 heavy (non-hydrogen) atoms. The molecule has 4 atom stereocenters. The minimum atomic E-state index is -0.182. The maximum absolute atomic E-state index is 14.5. The molecule has 3 fully saturated rings. The number of carbonyl (C=O) groups is 2. The summed E-state index contributed by atoms with van der Waals surface area (Å²) in [4.78, 5) is 31.2. The number of nitrogens with zero attached hydrogens (tertiary/aromatic N) is 2. The molecule has 10 nitrogen and oxygen atoms in total. The maximum atomic E-state index is 14.5. The van der Waals surface area contributed by atoms with Gasteiger partial charge in [-0.2, -0.15) is 0 Å². The van der Waals surface area contributed by atoms with Gasteiger partial charge in [-0.15, -0.1) is 0 Å². The highest BCUT2D eigenvalue weighted by Gasteiger charge is 2.45. The molecule has 0 bridgehead atoms. The second kappa shape index (κ2) is 20.2. The van der Waals surface area contributed by atoms with Gasteiger partial charge >= 0.3 is 5.97 Å². The van der Waals surface area contributed by atoms with E-state index in [4.69, 9.17) is 46.9 Å². The lowest BCUT2D eigenvalue weighted by atomic mass is 9.80. The first-order chi connectivity index (χ1) is 27.1. The predicted octanol–water partition coefficient (Wildman–Crippen LogP) is 7.34. The zero-order valence-corrected chi connectivity index (χ0v) is 34.7. The molecule has 2 aliphatic carbocycles. The van der Waals surface area contributed by atoms with E-state index in [0.29, 0.717) is 68.5 Å². The summed E-state index contributed by atoms with van der Waals surface area (Å²) in [5.41, 5.74) is 4.32. The summed E-state index contributed by atoms with van der Waals surface area (Å²) in [5, 5.41) is 4.45. The van der Waals surface area contributed by atoms with Crippen LogP contribution in [0.4, 0.5) is 0 Å². The minimum Gasteiger partial charge on any atom is -0.493 e. The fraction of sp³-hybridized carbons (Fsp3) is 0.545. The number of ether oxygens (including phenoxy) is 5. The predicted molar refractivity (Wildman–Crippen MR) is 219 cm³/mol. The van der Waals surface area contributed by atoms with Gasteiger partial charge in [0.05, 0.1) is 28.5 Å². The number of hydrogen-bond acceptors (Lipinski definition) is 9. The highest BCUT2D eigenvalue weighted by Crippen LogP contribution is 2.41. The van der Waals surface area contributed by atoms with Gasteiger partial charge in [-0.25, -0.2) is 0 Å². The highest BCUT2D eigenvalue weighted by atomic mass is 35.5. The molecular weight excluding hydrogens is 753 g/mol. The van der Waals surface area contributed by atoms with Gasteiger partial charge in [-0.1, -0.05) is 41.4 Å². The summed E-state index contributed by atoms with van der Waals surface area (Å²) in [6.45, 7) is 6.82. The Morgan fingerprint density at radius 3 is 2.29 bits per heavy atom. The number of rotatable bonds is 21. The van der Waals surface area contributed by atoms with Crippen LogP contribution in [-0.2, 0) is 32.0 Å². The smallest absolute Gasteiger partial charge is 0.309 e. The third-order valence-electron chi connectivity index (χ3n) is 10.8. The molecule has 0 unspecified atom stereocenters. The average molecular weight is 811 g/mol. The molecule has 0 aromatic heterocycles. The van der Waals surface area contributed by atoms with Gasteiger partial charge in [0.15, 0.2) is 5.75 Å². The van der Waals surface area contributed by atoms with Crippen molar-refractivity contribution in [2.45, 2.75) is 64.0 Å². The van der Waals surface area contributed by atoms with Gasteiger partial charge in [-0.05, 0) is 131 Å². The van der Waals surface area contributed by atoms with Crippen molar-refractivity contribution in [1.82, 2.24) is 15.1 Å². The van der Waals surface area contributed by atoms with E-state index in [1.807, 2.05) is 50.2 Å². The van der Waals surface area contributed by atoms with E-state index in [-0.39, 0.29) is 41.6 Å². The Morgan fingerprint density at radius 2 is 1.57 bits per heavy atom. The van der Waals surface area contributed by atoms with Crippen molar-refractivity contribution >= 4 is 35.1 Å². The lowest BCUT2D eigenvalue weighted by Gasteiger charge is -2.36. The lowest BCUT2D eigenvalue weighted by molar-refractivity contribution is -0.146. The quantitative estimate of drug-likeness (QED) is 0.0876. The summed E-state index contributed by atoms with van der Waals surface area (Å²) in [6.07, 6.45) is 5.42. The van der Waals surface area contributed by atoms with E-state index in [2.05, 4.69) is 40.5 Å². The Kier molecular flexibility index (Phi) is 15.2. The van der Waals surface area contributed by atoms with Crippen LogP contribution in [0.25, 0.3) is 0 Å². The molecule has 0 spiro atoms. The standard InChI is InChI=1S/C44H57Cl2N3O7/c1-29-20-40(45)42(41(46)21-29)54-19-18-53-35-11-7-32(8-12-35)37-13-14-47-26-39(37)43(50)49(34-9-10-34)27-31-22-30(6-5-16-52-4)23-36(24-31)56-28-33-25-38(33)44(51)55-17-15-48(2)3/h7-8,11-12,20-24,33-34,37-39,47H,5-6,9-10,13-19,25-28H2,1-4H3/t33-,37+,38+,39-/m0/s1. The fourth-order valence-electron chi connectivity index (χ4n) is 7.47. The van der Waals surface area contributed by atoms with Crippen LogP contribution in [0.3, 0.4) is 0 Å². The van der Waals surface area contributed by atoms with E-state index < -0.39 is 0 Å². The van der Waals surface area contributed by atoms with Crippen LogP contribution in [0.5, 0.6) is 17.2 Å². The van der Waals surface area contributed by atoms with Crippen molar-refractivity contribution in [3.05, 3.63) is 86.9 Å². The van der Waals surface area contributed by atoms with Crippen LogP contribution in [0.15, 0.2) is 54.6 Å². The number of carbonyl (C=O) groups excluding carboxylic acids is 2. The molecule has 1 saturated heterocycles. The van der Waals surface area contributed by atoms with Crippen LogP contribution >= 0.6 is 23.2 Å². The number of methoxy groups -OCH3 is 1. The maximum Gasteiger partial charge on any atom is 0.309 e. The van der Waals surface area contributed by atoms with Gasteiger partial charge in [0.2, 0.25) is 5.91 Å².